The molecular weight excluding hydrogens is 412 g/mol. The minimum absolute atomic E-state index is 0.0149. The number of hydrogen-bond acceptors (Lipinski definition) is 5. The lowest BCUT2D eigenvalue weighted by Crippen LogP contribution is -2.13. The summed E-state index contributed by atoms with van der Waals surface area (Å²) in [6.07, 6.45) is 0. The van der Waals surface area contributed by atoms with Crippen molar-refractivity contribution in [1.29, 1.82) is 0 Å². The summed E-state index contributed by atoms with van der Waals surface area (Å²) in [5, 5.41) is 8.66. The van der Waals surface area contributed by atoms with Crippen LogP contribution in [0.1, 0.15) is 17.3 Å². The molecule has 0 radical (unpaired) electrons. The highest BCUT2D eigenvalue weighted by molar-refractivity contribution is 9.10. The zero-order chi connectivity index (χ0) is 17.1. The number of ketones is 1. The molecule has 0 saturated carbocycles. The normalized spacial score (nSPS) is 12.1. The van der Waals surface area contributed by atoms with Gasteiger partial charge in [-0.05, 0) is 49.4 Å². The lowest BCUT2D eigenvalue weighted by Gasteiger charge is -2.07. The van der Waals surface area contributed by atoms with Crippen molar-refractivity contribution in [2.75, 3.05) is 0 Å². The van der Waals surface area contributed by atoms with Crippen molar-refractivity contribution in [3.05, 3.63) is 63.6 Å². The van der Waals surface area contributed by atoms with Crippen molar-refractivity contribution < 1.29 is 9.21 Å². The minimum Gasteiger partial charge on any atom is -0.411 e. The van der Waals surface area contributed by atoms with E-state index in [0.717, 1.165) is 10.0 Å². The number of rotatable bonds is 5. The number of thioether (sulfide) groups is 1. The first kappa shape index (κ1) is 17.2. The Bertz CT molecular complexity index is 867. The standard InChI is InChI=1S/C17H12BrClN2O2S/c1-10(15(22)11-5-7-14(19)8-6-11)24-17-21-20-16(23-17)12-3-2-4-13(18)9-12/h2-10H,1H3. The smallest absolute Gasteiger partial charge is 0.277 e. The minimum atomic E-state index is -0.345. The first-order chi connectivity index (χ1) is 11.5. The van der Waals surface area contributed by atoms with Crippen LogP contribution in [-0.4, -0.2) is 21.2 Å². The molecule has 3 rings (SSSR count). The van der Waals surface area contributed by atoms with Crippen molar-refractivity contribution in [2.24, 2.45) is 0 Å². The Labute approximate surface area is 156 Å². The Morgan fingerprint density at radius 1 is 1.21 bits per heavy atom. The van der Waals surface area contributed by atoms with Gasteiger partial charge in [-0.15, -0.1) is 10.2 Å². The van der Waals surface area contributed by atoms with Gasteiger partial charge in [0.05, 0.1) is 5.25 Å². The number of Topliss-reactive ketones (excluding diaryl/α,β-unsaturated/α-hetero) is 1. The van der Waals surface area contributed by atoms with Gasteiger partial charge < -0.3 is 4.42 Å². The topological polar surface area (TPSA) is 56.0 Å². The number of nitrogens with zero attached hydrogens (tertiary/aromatic N) is 2. The van der Waals surface area contributed by atoms with Crippen LogP contribution in [0.25, 0.3) is 11.5 Å². The van der Waals surface area contributed by atoms with Gasteiger partial charge in [-0.2, -0.15) is 0 Å². The molecule has 0 N–H and O–H groups in total. The first-order valence-electron chi connectivity index (χ1n) is 7.09. The van der Waals surface area contributed by atoms with Crippen LogP contribution in [0.2, 0.25) is 5.02 Å². The van der Waals surface area contributed by atoms with Crippen LogP contribution < -0.4 is 0 Å². The quantitative estimate of drug-likeness (QED) is 0.400. The molecule has 2 aromatic carbocycles. The molecule has 0 amide bonds. The van der Waals surface area contributed by atoms with Gasteiger partial charge in [0.25, 0.3) is 5.22 Å². The van der Waals surface area contributed by atoms with Gasteiger partial charge >= 0.3 is 0 Å². The molecule has 1 unspecified atom stereocenters. The molecule has 0 aliphatic heterocycles. The van der Waals surface area contributed by atoms with Gasteiger partial charge in [0.15, 0.2) is 5.78 Å². The Balaban J connectivity index is 1.72. The van der Waals surface area contributed by atoms with Crippen LogP contribution in [-0.2, 0) is 0 Å². The molecule has 122 valence electrons. The number of carbonyl (C=O) groups is 1. The molecule has 3 aromatic rings. The summed E-state index contributed by atoms with van der Waals surface area (Å²) in [4.78, 5) is 12.4. The van der Waals surface area contributed by atoms with E-state index in [1.54, 1.807) is 24.3 Å². The van der Waals surface area contributed by atoms with Gasteiger partial charge in [-0.3, -0.25) is 4.79 Å². The molecule has 0 saturated heterocycles. The van der Waals surface area contributed by atoms with E-state index in [1.807, 2.05) is 31.2 Å². The van der Waals surface area contributed by atoms with E-state index < -0.39 is 0 Å². The van der Waals surface area contributed by atoms with Gasteiger partial charge in [-0.25, -0.2) is 0 Å². The summed E-state index contributed by atoms with van der Waals surface area (Å²) in [7, 11) is 0. The van der Waals surface area contributed by atoms with Gasteiger partial charge in [0, 0.05) is 20.6 Å². The number of halogens is 2. The van der Waals surface area contributed by atoms with Crippen molar-refractivity contribution in [3.63, 3.8) is 0 Å². The summed E-state index contributed by atoms with van der Waals surface area (Å²) in [5.74, 6) is 0.406. The summed E-state index contributed by atoms with van der Waals surface area (Å²) in [5.41, 5.74) is 1.42. The van der Waals surface area contributed by atoms with Gasteiger partial charge in [0.2, 0.25) is 5.89 Å². The molecule has 0 bridgehead atoms. The third-order valence-electron chi connectivity index (χ3n) is 3.25. The molecule has 24 heavy (non-hydrogen) atoms. The largest absolute Gasteiger partial charge is 0.411 e. The van der Waals surface area contributed by atoms with E-state index in [4.69, 9.17) is 16.0 Å². The zero-order valence-electron chi connectivity index (χ0n) is 12.6. The second-order valence-corrected chi connectivity index (χ2v) is 7.66. The van der Waals surface area contributed by atoms with E-state index in [1.165, 1.54) is 11.8 Å². The predicted molar refractivity (Wildman–Crippen MR) is 98.5 cm³/mol. The van der Waals surface area contributed by atoms with Crippen LogP contribution in [0.4, 0.5) is 0 Å². The highest BCUT2D eigenvalue weighted by Crippen LogP contribution is 2.28. The number of benzene rings is 2. The lowest BCUT2D eigenvalue weighted by atomic mass is 10.1. The van der Waals surface area contributed by atoms with E-state index in [2.05, 4.69) is 26.1 Å². The van der Waals surface area contributed by atoms with Crippen LogP contribution in [0.3, 0.4) is 0 Å². The lowest BCUT2D eigenvalue weighted by molar-refractivity contribution is 0.0993. The fourth-order valence-corrected chi connectivity index (χ4v) is 3.33. The number of carbonyl (C=O) groups excluding carboxylic acids is 1. The van der Waals surface area contributed by atoms with E-state index in [-0.39, 0.29) is 11.0 Å². The second kappa shape index (κ2) is 7.51. The third kappa shape index (κ3) is 4.06. The van der Waals surface area contributed by atoms with Crippen LogP contribution >= 0.6 is 39.3 Å². The van der Waals surface area contributed by atoms with Gasteiger partial charge in [-0.1, -0.05) is 45.4 Å². The summed E-state index contributed by atoms with van der Waals surface area (Å²) in [6, 6.07) is 14.4. The molecule has 1 atom stereocenters. The highest BCUT2D eigenvalue weighted by Gasteiger charge is 2.20. The summed E-state index contributed by atoms with van der Waals surface area (Å²) in [6.45, 7) is 1.81. The fraction of sp³-hybridized carbons (Fsp3) is 0.118. The van der Waals surface area contributed by atoms with Crippen LogP contribution in [0.15, 0.2) is 62.6 Å². The van der Waals surface area contributed by atoms with Crippen molar-refractivity contribution in [3.8, 4) is 11.5 Å². The number of aromatic nitrogens is 2. The van der Waals surface area contributed by atoms with E-state index >= 15 is 0 Å². The Morgan fingerprint density at radius 2 is 1.96 bits per heavy atom. The highest BCUT2D eigenvalue weighted by atomic mass is 79.9. The van der Waals surface area contributed by atoms with Crippen LogP contribution in [0, 0.1) is 0 Å². The number of hydrogen-bond donors (Lipinski definition) is 0. The average Bonchev–Trinajstić information content (AvgIpc) is 3.03. The molecule has 0 fully saturated rings. The predicted octanol–water partition coefficient (Wildman–Crippen LogP) is 5.52. The molecular formula is C17H12BrClN2O2S. The average molecular weight is 424 g/mol. The third-order valence-corrected chi connectivity index (χ3v) is 4.93. The fourth-order valence-electron chi connectivity index (χ4n) is 2.05. The molecule has 7 heteroatoms. The van der Waals surface area contributed by atoms with E-state index in [0.29, 0.717) is 21.7 Å². The Morgan fingerprint density at radius 3 is 2.67 bits per heavy atom. The molecule has 4 nitrogen and oxygen atoms in total. The molecule has 0 aliphatic rings. The van der Waals surface area contributed by atoms with Crippen molar-refractivity contribution in [1.82, 2.24) is 10.2 Å². The van der Waals surface area contributed by atoms with Crippen LogP contribution in [0.5, 0.6) is 0 Å². The zero-order valence-corrected chi connectivity index (χ0v) is 15.7. The molecule has 1 aromatic heterocycles. The second-order valence-electron chi connectivity index (χ2n) is 5.01. The molecule has 0 aliphatic carbocycles. The maximum atomic E-state index is 12.4. The monoisotopic (exact) mass is 422 g/mol. The van der Waals surface area contributed by atoms with Crippen molar-refractivity contribution >= 4 is 45.1 Å². The maximum Gasteiger partial charge on any atom is 0.277 e. The maximum absolute atomic E-state index is 12.4. The van der Waals surface area contributed by atoms with Crippen molar-refractivity contribution in [2.45, 2.75) is 17.4 Å². The Kier molecular flexibility index (Phi) is 5.38. The first-order valence-corrected chi connectivity index (χ1v) is 9.14. The summed E-state index contributed by atoms with van der Waals surface area (Å²) >= 11 is 10.5. The summed E-state index contributed by atoms with van der Waals surface area (Å²) < 4.78 is 6.58. The Hall–Kier alpha value is -1.63. The SMILES string of the molecule is CC(Sc1nnc(-c2cccc(Br)c2)o1)C(=O)c1ccc(Cl)cc1. The molecule has 0 spiro atoms. The van der Waals surface area contributed by atoms with Gasteiger partial charge in [0.1, 0.15) is 0 Å². The molecule has 1 heterocycles. The van der Waals surface area contributed by atoms with E-state index in [9.17, 15) is 4.79 Å².